The van der Waals surface area contributed by atoms with E-state index in [1.165, 1.54) is 12.2 Å². The fourth-order valence-electron chi connectivity index (χ4n) is 1.04. The van der Waals surface area contributed by atoms with Gasteiger partial charge in [-0.1, -0.05) is 0 Å². The Balaban J connectivity index is 3.45. The molecule has 0 amide bonds. The van der Waals surface area contributed by atoms with Gasteiger partial charge in [0.1, 0.15) is 11.4 Å². The number of hydrogen-bond donors (Lipinski definition) is 1. The number of aryl methyl sites for hydroxylation is 1. The summed E-state index contributed by atoms with van der Waals surface area (Å²) < 4.78 is 0. The summed E-state index contributed by atoms with van der Waals surface area (Å²) in [5.41, 5.74) is 7.06. The molecular formula is C9H7N3O2. The quantitative estimate of drug-likeness (QED) is 0.434. The summed E-state index contributed by atoms with van der Waals surface area (Å²) in [5.74, 6) is 0. The van der Waals surface area contributed by atoms with Crippen LogP contribution in [0, 0.1) is 6.92 Å². The highest BCUT2D eigenvalue weighted by Crippen LogP contribution is 2.32. The van der Waals surface area contributed by atoms with Gasteiger partial charge >= 0.3 is 0 Å². The lowest BCUT2D eigenvalue weighted by molar-refractivity contribution is 0.565. The van der Waals surface area contributed by atoms with E-state index in [0.717, 1.165) is 5.56 Å². The number of isocyanates is 2. The molecule has 0 heterocycles. The average Bonchev–Trinajstić information content (AvgIpc) is 2.14. The molecule has 0 aliphatic carbocycles. The molecule has 0 saturated heterocycles. The second-order valence-electron chi connectivity index (χ2n) is 2.62. The van der Waals surface area contributed by atoms with Gasteiger partial charge < -0.3 is 5.73 Å². The van der Waals surface area contributed by atoms with Crippen molar-refractivity contribution in [2.45, 2.75) is 6.92 Å². The van der Waals surface area contributed by atoms with Crippen molar-refractivity contribution in [3.8, 4) is 0 Å². The molecule has 1 aromatic rings. The van der Waals surface area contributed by atoms with Gasteiger partial charge in [0.05, 0.1) is 5.69 Å². The van der Waals surface area contributed by atoms with Crippen molar-refractivity contribution in [3.63, 3.8) is 0 Å². The summed E-state index contributed by atoms with van der Waals surface area (Å²) >= 11 is 0. The number of aliphatic imine (C=N–C) groups is 2. The van der Waals surface area contributed by atoms with E-state index in [0.29, 0.717) is 0 Å². The van der Waals surface area contributed by atoms with Crippen molar-refractivity contribution in [1.82, 2.24) is 0 Å². The summed E-state index contributed by atoms with van der Waals surface area (Å²) in [5, 5.41) is 0. The van der Waals surface area contributed by atoms with Crippen LogP contribution in [0.3, 0.4) is 0 Å². The average molecular weight is 189 g/mol. The summed E-state index contributed by atoms with van der Waals surface area (Å²) in [6.45, 7) is 1.77. The van der Waals surface area contributed by atoms with E-state index in [1.807, 2.05) is 0 Å². The van der Waals surface area contributed by atoms with Gasteiger partial charge in [-0.25, -0.2) is 9.59 Å². The van der Waals surface area contributed by atoms with Crippen molar-refractivity contribution in [1.29, 1.82) is 0 Å². The molecule has 0 bridgehead atoms. The van der Waals surface area contributed by atoms with Crippen LogP contribution >= 0.6 is 0 Å². The molecule has 0 aromatic heterocycles. The molecular weight excluding hydrogens is 182 g/mol. The van der Waals surface area contributed by atoms with Gasteiger partial charge in [0.2, 0.25) is 12.2 Å². The van der Waals surface area contributed by atoms with Crippen molar-refractivity contribution in [2.24, 2.45) is 9.98 Å². The van der Waals surface area contributed by atoms with E-state index in [1.54, 1.807) is 19.1 Å². The number of nitrogen functional groups attached to an aromatic ring is 1. The molecule has 2 N–H and O–H groups in total. The van der Waals surface area contributed by atoms with E-state index in [2.05, 4.69) is 9.98 Å². The molecule has 0 spiro atoms. The smallest absolute Gasteiger partial charge is 0.240 e. The molecule has 70 valence electrons. The first kappa shape index (κ1) is 9.86. The number of anilines is 1. The van der Waals surface area contributed by atoms with Crippen LogP contribution in [0.2, 0.25) is 0 Å². The van der Waals surface area contributed by atoms with E-state index in [-0.39, 0.29) is 17.1 Å². The zero-order chi connectivity index (χ0) is 10.6. The van der Waals surface area contributed by atoms with Crippen LogP contribution in [0.25, 0.3) is 0 Å². The molecule has 1 aromatic carbocycles. The Morgan fingerprint density at radius 1 is 1.14 bits per heavy atom. The second kappa shape index (κ2) is 4.14. The van der Waals surface area contributed by atoms with Gasteiger partial charge in [0.25, 0.3) is 0 Å². The Morgan fingerprint density at radius 2 is 1.57 bits per heavy atom. The molecule has 0 fully saturated rings. The molecule has 0 radical (unpaired) electrons. The first-order valence-corrected chi connectivity index (χ1v) is 3.75. The van der Waals surface area contributed by atoms with Gasteiger partial charge in [-0.05, 0) is 24.6 Å². The zero-order valence-electron chi connectivity index (χ0n) is 7.44. The summed E-state index contributed by atoms with van der Waals surface area (Å²) in [7, 11) is 0. The lowest BCUT2D eigenvalue weighted by Gasteiger charge is -2.02. The topological polar surface area (TPSA) is 84.9 Å². The Morgan fingerprint density at radius 3 is 1.93 bits per heavy atom. The molecule has 0 aliphatic rings. The number of nitrogens with zero attached hydrogens (tertiary/aromatic N) is 2. The first-order chi connectivity index (χ1) is 6.69. The maximum atomic E-state index is 10.1. The molecule has 5 heteroatoms. The van der Waals surface area contributed by atoms with Crippen molar-refractivity contribution in [3.05, 3.63) is 17.7 Å². The summed E-state index contributed by atoms with van der Waals surface area (Å²) in [6, 6.07) is 3.20. The minimum absolute atomic E-state index is 0.169. The maximum Gasteiger partial charge on any atom is 0.240 e. The van der Waals surface area contributed by atoms with Gasteiger partial charge in [-0.15, -0.1) is 0 Å². The largest absolute Gasteiger partial charge is 0.395 e. The highest BCUT2D eigenvalue weighted by atomic mass is 16.1. The predicted molar refractivity (Wildman–Crippen MR) is 51.2 cm³/mol. The number of rotatable bonds is 2. The third kappa shape index (κ3) is 1.93. The highest BCUT2D eigenvalue weighted by Gasteiger charge is 2.04. The summed E-state index contributed by atoms with van der Waals surface area (Å²) in [4.78, 5) is 26.9. The minimum Gasteiger partial charge on any atom is -0.395 e. The number of carbonyl (C=O) groups excluding carboxylic acids is 2. The number of hydrogen-bond acceptors (Lipinski definition) is 5. The van der Waals surface area contributed by atoms with E-state index in [9.17, 15) is 9.59 Å². The van der Waals surface area contributed by atoms with Crippen LogP contribution in [0.1, 0.15) is 5.56 Å². The Kier molecular flexibility index (Phi) is 2.92. The fraction of sp³-hybridized carbons (Fsp3) is 0.111. The molecule has 14 heavy (non-hydrogen) atoms. The number of benzene rings is 1. The third-order valence-electron chi connectivity index (χ3n) is 1.61. The van der Waals surface area contributed by atoms with Gasteiger partial charge in [0, 0.05) is 0 Å². The van der Waals surface area contributed by atoms with Crippen molar-refractivity contribution in [2.75, 3.05) is 5.73 Å². The van der Waals surface area contributed by atoms with E-state index < -0.39 is 0 Å². The molecule has 0 unspecified atom stereocenters. The van der Waals surface area contributed by atoms with Crippen LogP contribution < -0.4 is 5.73 Å². The van der Waals surface area contributed by atoms with Gasteiger partial charge in [0.15, 0.2) is 0 Å². The molecule has 5 nitrogen and oxygen atoms in total. The molecule has 0 saturated carbocycles. The molecule has 1 rings (SSSR count). The zero-order valence-corrected chi connectivity index (χ0v) is 7.44. The standard InChI is InChI=1S/C9H7N3O2/c1-6-2-7(11-4-13)9(10)8(3-6)12-5-14/h2-3H,10H2,1H3. The minimum atomic E-state index is 0.169. The van der Waals surface area contributed by atoms with Crippen LogP contribution in [0.15, 0.2) is 22.1 Å². The normalized spacial score (nSPS) is 8.64. The first-order valence-electron chi connectivity index (χ1n) is 3.75. The van der Waals surface area contributed by atoms with E-state index in [4.69, 9.17) is 5.73 Å². The van der Waals surface area contributed by atoms with E-state index >= 15 is 0 Å². The van der Waals surface area contributed by atoms with Crippen molar-refractivity contribution < 1.29 is 9.59 Å². The Labute approximate surface area is 80.0 Å². The Hall–Kier alpha value is -2.22. The third-order valence-corrected chi connectivity index (χ3v) is 1.61. The van der Waals surface area contributed by atoms with Crippen LogP contribution in [0.4, 0.5) is 17.1 Å². The highest BCUT2D eigenvalue weighted by molar-refractivity contribution is 5.79. The predicted octanol–water partition coefficient (Wildman–Crippen LogP) is 1.51. The molecule has 0 atom stereocenters. The maximum absolute atomic E-state index is 10.1. The number of nitrogens with two attached hydrogens (primary N) is 1. The van der Waals surface area contributed by atoms with Crippen molar-refractivity contribution >= 4 is 29.2 Å². The SMILES string of the molecule is Cc1cc(N=C=O)c(N)c(N=C=O)c1. The van der Waals surface area contributed by atoms with Gasteiger partial charge in [-0.3, -0.25) is 0 Å². The fourth-order valence-corrected chi connectivity index (χ4v) is 1.04. The molecule has 0 aliphatic heterocycles. The Bertz CT molecular complexity index is 416. The lowest BCUT2D eigenvalue weighted by atomic mass is 10.1. The lowest BCUT2D eigenvalue weighted by Crippen LogP contribution is -1.87. The van der Waals surface area contributed by atoms with Gasteiger partial charge in [-0.2, -0.15) is 9.98 Å². The van der Waals surface area contributed by atoms with Crippen LogP contribution in [-0.4, -0.2) is 12.2 Å². The van der Waals surface area contributed by atoms with Crippen LogP contribution in [-0.2, 0) is 9.59 Å². The van der Waals surface area contributed by atoms with Crippen LogP contribution in [0.5, 0.6) is 0 Å². The summed E-state index contributed by atoms with van der Waals surface area (Å²) in [6.07, 6.45) is 2.75. The second-order valence-corrected chi connectivity index (χ2v) is 2.62. The monoisotopic (exact) mass is 189 g/mol.